The Morgan fingerprint density at radius 3 is 2.07 bits per heavy atom. The molecule has 0 bridgehead atoms. The van der Waals surface area contributed by atoms with E-state index in [1.54, 1.807) is 19.0 Å². The maximum absolute atomic E-state index is 10.4. The van der Waals surface area contributed by atoms with Crippen molar-refractivity contribution in [1.82, 2.24) is 15.3 Å². The monoisotopic (exact) mass is 219 g/mol. The fraction of sp³-hybridized carbons (Fsp3) is 0.750. The third-order valence-corrected chi connectivity index (χ3v) is 1.80. The van der Waals surface area contributed by atoms with E-state index in [0.29, 0.717) is 13.1 Å². The minimum Gasteiger partial charge on any atom is -0.480 e. The molecule has 0 radical (unpaired) electrons. The molecule has 7 nitrogen and oxygen atoms in total. The summed E-state index contributed by atoms with van der Waals surface area (Å²) in [6, 6.07) is 0. The van der Waals surface area contributed by atoms with E-state index in [4.69, 9.17) is 10.2 Å². The lowest BCUT2D eigenvalue weighted by atomic mass is 10.5. The zero-order chi connectivity index (χ0) is 11.8. The second kappa shape index (κ2) is 7.16. The first kappa shape index (κ1) is 13.8. The molecule has 0 aliphatic carbocycles. The summed E-state index contributed by atoms with van der Waals surface area (Å²) >= 11 is 0. The van der Waals surface area contributed by atoms with Crippen LogP contribution >= 0.6 is 0 Å². The maximum atomic E-state index is 10.4. The van der Waals surface area contributed by atoms with Gasteiger partial charge in [0, 0.05) is 13.1 Å². The Hall–Kier alpha value is -1.18. The van der Waals surface area contributed by atoms with Gasteiger partial charge in [-0.05, 0) is 14.1 Å². The van der Waals surface area contributed by atoms with Crippen molar-refractivity contribution in [3.8, 4) is 0 Å². The second-order valence-electron chi connectivity index (χ2n) is 3.17. The van der Waals surface area contributed by atoms with Crippen molar-refractivity contribution in [3.63, 3.8) is 0 Å². The fourth-order valence-corrected chi connectivity index (χ4v) is 1.03. The minimum absolute atomic E-state index is 0.0510. The summed E-state index contributed by atoms with van der Waals surface area (Å²) < 4.78 is 0. The van der Waals surface area contributed by atoms with Crippen LogP contribution in [0, 0.1) is 0 Å². The van der Waals surface area contributed by atoms with Crippen molar-refractivity contribution in [2.45, 2.75) is 0 Å². The second-order valence-corrected chi connectivity index (χ2v) is 3.17. The number of hydrogen-bond acceptors (Lipinski definition) is 5. The normalized spacial score (nSPS) is 10.9. The first-order chi connectivity index (χ1) is 6.95. The van der Waals surface area contributed by atoms with E-state index in [9.17, 15) is 9.59 Å². The van der Waals surface area contributed by atoms with Crippen molar-refractivity contribution in [1.29, 1.82) is 0 Å². The van der Waals surface area contributed by atoms with Crippen LogP contribution in [-0.2, 0) is 9.59 Å². The smallest absolute Gasteiger partial charge is 0.319 e. The van der Waals surface area contributed by atoms with Gasteiger partial charge >= 0.3 is 11.9 Å². The summed E-state index contributed by atoms with van der Waals surface area (Å²) in [6.45, 7) is 0.773. The number of likely N-dealkylation sites (N-methyl/N-ethyl adjacent to an activating group) is 1. The van der Waals surface area contributed by atoms with E-state index in [-0.39, 0.29) is 13.1 Å². The minimum atomic E-state index is -0.926. The molecular weight excluding hydrogens is 202 g/mol. The molecule has 88 valence electrons. The first-order valence-electron chi connectivity index (χ1n) is 4.50. The van der Waals surface area contributed by atoms with E-state index < -0.39 is 11.9 Å². The highest BCUT2D eigenvalue weighted by molar-refractivity contribution is 5.69. The Bertz CT molecular complexity index is 222. The number of carbonyl (C=O) groups is 2. The number of carboxylic acid groups (broad SMARTS) is 2. The third kappa shape index (κ3) is 7.86. The maximum Gasteiger partial charge on any atom is 0.319 e. The number of hydrogen-bond donors (Lipinski definition) is 3. The highest BCUT2D eigenvalue weighted by Crippen LogP contribution is 1.86. The summed E-state index contributed by atoms with van der Waals surface area (Å²) in [7, 11) is 3.29. The van der Waals surface area contributed by atoms with Crippen molar-refractivity contribution >= 4 is 11.9 Å². The Kier molecular flexibility index (Phi) is 6.59. The molecule has 0 rings (SSSR count). The molecule has 0 aliphatic heterocycles. The van der Waals surface area contributed by atoms with E-state index in [1.807, 2.05) is 0 Å². The third-order valence-electron chi connectivity index (χ3n) is 1.80. The summed E-state index contributed by atoms with van der Waals surface area (Å²) in [6.07, 6.45) is 0. The molecule has 0 amide bonds. The van der Waals surface area contributed by atoms with Crippen LogP contribution in [0.5, 0.6) is 0 Å². The van der Waals surface area contributed by atoms with Gasteiger partial charge in [-0.1, -0.05) is 0 Å². The Morgan fingerprint density at radius 1 is 1.13 bits per heavy atom. The Morgan fingerprint density at radius 2 is 1.67 bits per heavy atom. The van der Waals surface area contributed by atoms with Crippen LogP contribution in [0.2, 0.25) is 0 Å². The molecule has 0 atom stereocenters. The van der Waals surface area contributed by atoms with Crippen LogP contribution in [0.25, 0.3) is 0 Å². The Balaban J connectivity index is 3.79. The lowest BCUT2D eigenvalue weighted by Gasteiger charge is -2.22. The fourth-order valence-electron chi connectivity index (χ4n) is 1.03. The highest BCUT2D eigenvalue weighted by atomic mass is 16.4. The van der Waals surface area contributed by atoms with Crippen molar-refractivity contribution in [2.24, 2.45) is 0 Å². The average Bonchev–Trinajstić information content (AvgIpc) is 2.10. The van der Waals surface area contributed by atoms with Gasteiger partial charge in [-0.3, -0.25) is 19.9 Å². The zero-order valence-electron chi connectivity index (χ0n) is 8.93. The standard InChI is InChI=1S/C8H17N3O4/c1-9-11(6-8(14)15)4-3-10(2)5-7(12)13/h9H,3-6H2,1-2H3,(H,12,13)(H,14,15). The van der Waals surface area contributed by atoms with E-state index >= 15 is 0 Å². The van der Waals surface area contributed by atoms with Gasteiger partial charge in [0.25, 0.3) is 0 Å². The van der Waals surface area contributed by atoms with Crippen LogP contribution in [0.3, 0.4) is 0 Å². The number of aliphatic carboxylic acids is 2. The van der Waals surface area contributed by atoms with Gasteiger partial charge < -0.3 is 10.2 Å². The van der Waals surface area contributed by atoms with Gasteiger partial charge in [0.1, 0.15) is 6.54 Å². The first-order valence-corrected chi connectivity index (χ1v) is 4.50. The topological polar surface area (TPSA) is 93.1 Å². The molecule has 0 aromatic carbocycles. The quantitative estimate of drug-likeness (QED) is 0.429. The summed E-state index contributed by atoms with van der Waals surface area (Å²) in [5.74, 6) is -1.82. The van der Waals surface area contributed by atoms with Crippen molar-refractivity contribution < 1.29 is 19.8 Å². The molecule has 0 spiro atoms. The highest BCUT2D eigenvalue weighted by Gasteiger charge is 2.09. The van der Waals surface area contributed by atoms with Gasteiger partial charge in [-0.15, -0.1) is 0 Å². The Labute approximate surface area is 88.2 Å². The number of nitrogens with one attached hydrogen (secondary N) is 1. The summed E-state index contributed by atoms with van der Waals surface area (Å²) in [5, 5.41) is 18.5. The van der Waals surface area contributed by atoms with E-state index in [2.05, 4.69) is 5.43 Å². The van der Waals surface area contributed by atoms with Gasteiger partial charge in [0.15, 0.2) is 0 Å². The van der Waals surface area contributed by atoms with Crippen LogP contribution in [0.4, 0.5) is 0 Å². The van der Waals surface area contributed by atoms with Crippen LogP contribution in [0.1, 0.15) is 0 Å². The SMILES string of the molecule is CNN(CCN(C)CC(=O)O)CC(=O)O. The molecule has 15 heavy (non-hydrogen) atoms. The van der Waals surface area contributed by atoms with Gasteiger partial charge in [-0.2, -0.15) is 0 Å². The molecular formula is C8H17N3O4. The largest absolute Gasteiger partial charge is 0.480 e. The average molecular weight is 219 g/mol. The molecule has 0 aromatic rings. The van der Waals surface area contributed by atoms with Gasteiger partial charge in [0.05, 0.1) is 6.54 Å². The lowest BCUT2D eigenvalue weighted by molar-refractivity contribution is -0.140. The number of carboxylic acids is 2. The number of rotatable bonds is 8. The van der Waals surface area contributed by atoms with E-state index in [0.717, 1.165) is 0 Å². The number of nitrogens with zero attached hydrogens (tertiary/aromatic N) is 2. The van der Waals surface area contributed by atoms with Crippen molar-refractivity contribution in [3.05, 3.63) is 0 Å². The lowest BCUT2D eigenvalue weighted by Crippen LogP contribution is -2.44. The van der Waals surface area contributed by atoms with Crippen molar-refractivity contribution in [2.75, 3.05) is 40.3 Å². The molecule has 0 heterocycles. The van der Waals surface area contributed by atoms with E-state index in [1.165, 1.54) is 5.01 Å². The molecule has 0 fully saturated rings. The van der Waals surface area contributed by atoms with Crippen LogP contribution in [0.15, 0.2) is 0 Å². The van der Waals surface area contributed by atoms with Crippen LogP contribution in [-0.4, -0.2) is 72.3 Å². The zero-order valence-corrected chi connectivity index (χ0v) is 8.93. The molecule has 0 saturated carbocycles. The summed E-state index contributed by atoms with van der Waals surface area (Å²) in [5.41, 5.74) is 2.72. The van der Waals surface area contributed by atoms with Gasteiger partial charge in [0.2, 0.25) is 0 Å². The molecule has 0 aliphatic rings. The van der Waals surface area contributed by atoms with Gasteiger partial charge in [-0.25, -0.2) is 5.01 Å². The molecule has 0 aromatic heterocycles. The predicted octanol–water partition coefficient (Wildman–Crippen LogP) is -1.48. The predicted molar refractivity (Wildman–Crippen MR) is 53.4 cm³/mol. The number of hydrazine groups is 1. The summed E-state index contributed by atoms with van der Waals surface area (Å²) in [4.78, 5) is 22.3. The molecule has 7 heteroatoms. The molecule has 0 saturated heterocycles. The molecule has 0 unspecified atom stereocenters. The van der Waals surface area contributed by atoms with Crippen LogP contribution < -0.4 is 5.43 Å². The molecule has 3 N–H and O–H groups in total.